The third-order valence-corrected chi connectivity index (χ3v) is 4.50. The molecule has 0 aliphatic heterocycles. The molecule has 0 aliphatic rings. The van der Waals surface area contributed by atoms with Crippen LogP contribution >= 0.6 is 11.6 Å². The standard InChI is InChI=1S/C22H18ClN5O2/c1-15-21(29)26-22(28(27-15)14-16-5-7-17(23)8-6-16)25-18-9-11-19(12-10-18)30-20-4-2-3-13-24-20/h2-13H,14H2,1H3,(H,25,26,29). The zero-order valence-electron chi connectivity index (χ0n) is 16.1. The molecule has 4 aromatic rings. The number of halogens is 1. The predicted molar refractivity (Wildman–Crippen MR) is 116 cm³/mol. The number of ether oxygens (including phenoxy) is 1. The second-order valence-electron chi connectivity index (χ2n) is 6.53. The summed E-state index contributed by atoms with van der Waals surface area (Å²) in [5, 5.41) is 8.19. The molecule has 0 atom stereocenters. The van der Waals surface area contributed by atoms with E-state index in [0.717, 1.165) is 11.3 Å². The topological polar surface area (TPSA) is 81.9 Å². The predicted octanol–water partition coefficient (Wildman–Crippen LogP) is 4.58. The largest absolute Gasteiger partial charge is 0.439 e. The average Bonchev–Trinajstić information content (AvgIpc) is 2.75. The van der Waals surface area contributed by atoms with Crippen molar-refractivity contribution in [2.45, 2.75) is 13.5 Å². The van der Waals surface area contributed by atoms with Gasteiger partial charge in [0.25, 0.3) is 5.56 Å². The van der Waals surface area contributed by atoms with Crippen LogP contribution in [-0.4, -0.2) is 19.7 Å². The first kappa shape index (κ1) is 19.6. The Kier molecular flexibility index (Phi) is 5.72. The van der Waals surface area contributed by atoms with E-state index < -0.39 is 0 Å². The Hall–Kier alpha value is -3.71. The van der Waals surface area contributed by atoms with E-state index in [1.165, 1.54) is 0 Å². The minimum Gasteiger partial charge on any atom is -0.439 e. The van der Waals surface area contributed by atoms with Gasteiger partial charge in [-0.1, -0.05) is 29.8 Å². The number of pyridine rings is 1. The lowest BCUT2D eigenvalue weighted by atomic mass is 10.2. The molecule has 7 nitrogen and oxygen atoms in total. The van der Waals surface area contributed by atoms with Gasteiger partial charge >= 0.3 is 0 Å². The van der Waals surface area contributed by atoms with Gasteiger partial charge < -0.3 is 10.1 Å². The molecule has 0 amide bonds. The summed E-state index contributed by atoms with van der Waals surface area (Å²) in [6, 6.07) is 20.2. The monoisotopic (exact) mass is 419 g/mol. The molecular formula is C22H18ClN5O2. The molecule has 0 bridgehead atoms. The minimum atomic E-state index is -0.375. The maximum absolute atomic E-state index is 12.1. The van der Waals surface area contributed by atoms with Gasteiger partial charge in [-0.2, -0.15) is 10.1 Å². The maximum Gasteiger partial charge on any atom is 0.296 e. The number of rotatable bonds is 6. The number of nitrogens with one attached hydrogen (secondary N) is 1. The number of hydrogen-bond acceptors (Lipinski definition) is 6. The Bertz CT molecular complexity index is 1190. The molecule has 2 aromatic heterocycles. The van der Waals surface area contributed by atoms with Gasteiger partial charge in [-0.3, -0.25) is 4.79 Å². The van der Waals surface area contributed by atoms with E-state index in [1.54, 1.807) is 36.0 Å². The van der Waals surface area contributed by atoms with E-state index in [2.05, 4.69) is 20.4 Å². The van der Waals surface area contributed by atoms with E-state index in [0.29, 0.717) is 34.8 Å². The summed E-state index contributed by atoms with van der Waals surface area (Å²) in [7, 11) is 0. The highest BCUT2D eigenvalue weighted by Gasteiger charge is 2.09. The Morgan fingerprint density at radius 2 is 1.80 bits per heavy atom. The molecule has 150 valence electrons. The van der Waals surface area contributed by atoms with E-state index in [1.807, 2.05) is 48.5 Å². The van der Waals surface area contributed by atoms with Crippen molar-refractivity contribution in [1.82, 2.24) is 19.7 Å². The molecule has 0 saturated heterocycles. The normalized spacial score (nSPS) is 10.6. The van der Waals surface area contributed by atoms with Crippen LogP contribution in [0.15, 0.2) is 77.7 Å². The number of anilines is 2. The third-order valence-electron chi connectivity index (χ3n) is 4.25. The van der Waals surface area contributed by atoms with Gasteiger partial charge in [0.05, 0.1) is 6.54 Å². The van der Waals surface area contributed by atoms with Crippen LogP contribution in [0.1, 0.15) is 11.3 Å². The van der Waals surface area contributed by atoms with Crippen LogP contribution in [0.25, 0.3) is 0 Å². The fourth-order valence-electron chi connectivity index (χ4n) is 2.74. The fraction of sp³-hybridized carbons (Fsp3) is 0.0909. The molecule has 0 unspecified atom stereocenters. The first-order chi connectivity index (χ1) is 14.6. The minimum absolute atomic E-state index is 0.327. The summed E-state index contributed by atoms with van der Waals surface area (Å²) in [6.07, 6.45) is 1.67. The van der Waals surface area contributed by atoms with Crippen LogP contribution in [0.4, 0.5) is 11.6 Å². The lowest BCUT2D eigenvalue weighted by molar-refractivity contribution is 0.463. The smallest absolute Gasteiger partial charge is 0.296 e. The van der Waals surface area contributed by atoms with Crippen molar-refractivity contribution in [1.29, 1.82) is 0 Å². The number of nitrogens with zero attached hydrogens (tertiary/aromatic N) is 4. The van der Waals surface area contributed by atoms with E-state index in [9.17, 15) is 4.79 Å². The molecule has 0 aliphatic carbocycles. The van der Waals surface area contributed by atoms with Crippen LogP contribution < -0.4 is 15.6 Å². The number of aryl methyl sites for hydroxylation is 1. The van der Waals surface area contributed by atoms with Crippen molar-refractivity contribution in [3.63, 3.8) is 0 Å². The summed E-state index contributed by atoms with van der Waals surface area (Å²) in [5.41, 5.74) is 1.68. The van der Waals surface area contributed by atoms with Crippen molar-refractivity contribution in [3.05, 3.63) is 99.6 Å². The Morgan fingerprint density at radius 3 is 2.50 bits per heavy atom. The van der Waals surface area contributed by atoms with Gasteiger partial charge in [-0.25, -0.2) is 9.67 Å². The van der Waals surface area contributed by atoms with Crippen molar-refractivity contribution in [2.24, 2.45) is 0 Å². The first-order valence-electron chi connectivity index (χ1n) is 9.23. The summed E-state index contributed by atoms with van der Waals surface area (Å²) in [6.45, 7) is 2.08. The summed E-state index contributed by atoms with van der Waals surface area (Å²) in [5.74, 6) is 1.51. The van der Waals surface area contributed by atoms with Gasteiger partial charge in [-0.15, -0.1) is 0 Å². The third kappa shape index (κ3) is 4.82. The Morgan fingerprint density at radius 1 is 1.03 bits per heavy atom. The molecule has 2 aromatic carbocycles. The Labute approximate surface area is 178 Å². The highest BCUT2D eigenvalue weighted by atomic mass is 35.5. The molecule has 2 heterocycles. The Balaban J connectivity index is 1.55. The van der Waals surface area contributed by atoms with Crippen LogP contribution in [-0.2, 0) is 6.54 Å². The van der Waals surface area contributed by atoms with E-state index >= 15 is 0 Å². The molecule has 1 N–H and O–H groups in total. The zero-order valence-corrected chi connectivity index (χ0v) is 16.9. The maximum atomic E-state index is 12.1. The van der Waals surface area contributed by atoms with E-state index in [-0.39, 0.29) is 5.56 Å². The lowest BCUT2D eigenvalue weighted by Gasteiger charge is -2.14. The van der Waals surface area contributed by atoms with Gasteiger partial charge in [0.15, 0.2) is 0 Å². The molecule has 0 saturated carbocycles. The molecule has 8 heteroatoms. The SMILES string of the molecule is Cc1nn(Cc2ccc(Cl)cc2)c(Nc2ccc(Oc3ccccn3)cc2)nc1=O. The zero-order chi connectivity index (χ0) is 20.9. The van der Waals surface area contributed by atoms with E-state index in [4.69, 9.17) is 16.3 Å². The summed E-state index contributed by atoms with van der Waals surface area (Å²) in [4.78, 5) is 20.3. The number of hydrogen-bond donors (Lipinski definition) is 1. The highest BCUT2D eigenvalue weighted by molar-refractivity contribution is 6.30. The summed E-state index contributed by atoms with van der Waals surface area (Å²) >= 11 is 5.96. The van der Waals surface area contributed by atoms with Crippen molar-refractivity contribution in [2.75, 3.05) is 5.32 Å². The molecule has 4 rings (SSSR count). The van der Waals surface area contributed by atoms with Crippen LogP contribution in [0.5, 0.6) is 11.6 Å². The molecule has 30 heavy (non-hydrogen) atoms. The quantitative estimate of drug-likeness (QED) is 0.492. The van der Waals surface area contributed by atoms with Crippen molar-refractivity contribution in [3.8, 4) is 11.6 Å². The lowest BCUT2D eigenvalue weighted by Crippen LogP contribution is -2.22. The van der Waals surface area contributed by atoms with Crippen LogP contribution in [0.2, 0.25) is 5.02 Å². The fourth-order valence-corrected chi connectivity index (χ4v) is 2.86. The number of benzene rings is 2. The molecule has 0 fully saturated rings. The van der Waals surface area contributed by atoms with Crippen LogP contribution in [0.3, 0.4) is 0 Å². The second-order valence-corrected chi connectivity index (χ2v) is 6.97. The molecular weight excluding hydrogens is 402 g/mol. The average molecular weight is 420 g/mol. The summed E-state index contributed by atoms with van der Waals surface area (Å²) < 4.78 is 7.35. The van der Waals surface area contributed by atoms with Gasteiger partial charge in [0, 0.05) is 23.0 Å². The second kappa shape index (κ2) is 8.75. The van der Waals surface area contributed by atoms with Gasteiger partial charge in [0.2, 0.25) is 11.8 Å². The molecule has 0 spiro atoms. The first-order valence-corrected chi connectivity index (χ1v) is 9.61. The van der Waals surface area contributed by atoms with Crippen molar-refractivity contribution < 1.29 is 4.74 Å². The van der Waals surface area contributed by atoms with Crippen molar-refractivity contribution >= 4 is 23.2 Å². The van der Waals surface area contributed by atoms with Gasteiger partial charge in [0.1, 0.15) is 11.4 Å². The number of aromatic nitrogens is 4. The highest BCUT2D eigenvalue weighted by Crippen LogP contribution is 2.22. The molecule has 0 radical (unpaired) electrons. The van der Waals surface area contributed by atoms with Crippen LogP contribution in [0, 0.1) is 6.92 Å². The van der Waals surface area contributed by atoms with Gasteiger partial charge in [-0.05, 0) is 55.0 Å².